The number of hydrogen-bond acceptors (Lipinski definition) is 4. The van der Waals surface area contributed by atoms with E-state index in [-0.39, 0.29) is 24.4 Å². The largest absolute Gasteiger partial charge is 0.383 e. The fourth-order valence-corrected chi connectivity index (χ4v) is 5.17. The average Bonchev–Trinajstić information content (AvgIpc) is 2.67. The molecule has 0 radical (unpaired) electrons. The maximum absolute atomic E-state index is 13.1. The molecule has 2 unspecified atom stereocenters. The molecule has 1 heterocycles. The van der Waals surface area contributed by atoms with Crippen molar-refractivity contribution in [3.8, 4) is 0 Å². The number of benzene rings is 1. The Hall–Kier alpha value is -1.50. The van der Waals surface area contributed by atoms with E-state index in [1.165, 1.54) is 6.42 Å². The van der Waals surface area contributed by atoms with Crippen molar-refractivity contribution in [2.75, 3.05) is 26.8 Å². The van der Waals surface area contributed by atoms with Gasteiger partial charge in [0, 0.05) is 30.0 Å². The van der Waals surface area contributed by atoms with Crippen molar-refractivity contribution in [1.82, 2.24) is 10.2 Å². The van der Waals surface area contributed by atoms with Crippen LogP contribution in [0.2, 0.25) is 5.02 Å². The van der Waals surface area contributed by atoms with Crippen LogP contribution in [-0.4, -0.2) is 54.8 Å². The van der Waals surface area contributed by atoms with Gasteiger partial charge in [-0.05, 0) is 36.6 Å². The van der Waals surface area contributed by atoms with Crippen molar-refractivity contribution in [2.45, 2.75) is 37.0 Å². The van der Waals surface area contributed by atoms with Crippen molar-refractivity contribution in [1.29, 1.82) is 0 Å². The third-order valence-electron chi connectivity index (χ3n) is 4.93. The van der Waals surface area contributed by atoms with Gasteiger partial charge in [-0.25, -0.2) is 0 Å². The molecule has 5 nitrogen and oxygen atoms in total. The van der Waals surface area contributed by atoms with Crippen LogP contribution in [0.4, 0.5) is 0 Å². The molecule has 1 aliphatic carbocycles. The number of amides is 2. The van der Waals surface area contributed by atoms with E-state index in [0.29, 0.717) is 28.3 Å². The predicted molar refractivity (Wildman–Crippen MR) is 110 cm³/mol. The lowest BCUT2D eigenvalue weighted by Gasteiger charge is -2.43. The Balaban J connectivity index is 1.77. The lowest BCUT2D eigenvalue weighted by Crippen LogP contribution is -2.54. The Morgan fingerprint density at radius 3 is 2.81 bits per heavy atom. The van der Waals surface area contributed by atoms with Gasteiger partial charge in [-0.3, -0.25) is 9.59 Å². The molecule has 3 rings (SSSR count). The first-order valence-electron chi connectivity index (χ1n) is 9.29. The number of nitrogens with zero attached hydrogens (tertiary/aromatic N) is 1. The molecule has 0 bridgehead atoms. The number of carbonyl (C=O) groups is 2. The zero-order valence-corrected chi connectivity index (χ0v) is 17.0. The normalized spacial score (nSPS) is 24.0. The molecule has 2 amide bonds. The summed E-state index contributed by atoms with van der Waals surface area (Å²) >= 11 is 7.61. The number of hydrogen-bond donors (Lipinski definition) is 1. The maximum atomic E-state index is 13.1. The van der Waals surface area contributed by atoms with E-state index in [2.05, 4.69) is 5.32 Å². The van der Waals surface area contributed by atoms with Crippen molar-refractivity contribution >= 4 is 41.3 Å². The molecular formula is C20H25ClN2O3S. The molecule has 1 aromatic rings. The number of fused-ring (bicyclic) bond motifs is 1. The van der Waals surface area contributed by atoms with E-state index < -0.39 is 0 Å². The van der Waals surface area contributed by atoms with Gasteiger partial charge >= 0.3 is 0 Å². The van der Waals surface area contributed by atoms with E-state index in [1.54, 1.807) is 23.8 Å². The molecule has 146 valence electrons. The Morgan fingerprint density at radius 1 is 1.33 bits per heavy atom. The van der Waals surface area contributed by atoms with Crippen molar-refractivity contribution in [2.24, 2.45) is 0 Å². The lowest BCUT2D eigenvalue weighted by atomic mass is 9.93. The first kappa shape index (κ1) is 20.2. The molecule has 2 fully saturated rings. The van der Waals surface area contributed by atoms with Crippen LogP contribution in [-0.2, 0) is 14.3 Å². The summed E-state index contributed by atoms with van der Waals surface area (Å²) < 4.78 is 4.96. The Morgan fingerprint density at radius 2 is 2.07 bits per heavy atom. The van der Waals surface area contributed by atoms with Crippen LogP contribution in [0.25, 0.3) is 6.08 Å². The van der Waals surface area contributed by atoms with Crippen LogP contribution in [0.15, 0.2) is 29.2 Å². The van der Waals surface area contributed by atoms with Crippen molar-refractivity contribution < 1.29 is 14.3 Å². The SMILES string of the molecule is COCCNC(=O)CN1C(=O)/C(=C\c2ccc(Cl)cc2)SC2CCCCC21. The van der Waals surface area contributed by atoms with Gasteiger partial charge in [-0.2, -0.15) is 0 Å². The van der Waals surface area contributed by atoms with Crippen LogP contribution >= 0.6 is 23.4 Å². The number of nitrogens with one attached hydrogen (secondary N) is 1. The molecule has 0 spiro atoms. The smallest absolute Gasteiger partial charge is 0.261 e. The quantitative estimate of drug-likeness (QED) is 0.579. The highest BCUT2D eigenvalue weighted by molar-refractivity contribution is 8.04. The summed E-state index contributed by atoms with van der Waals surface area (Å²) in [6, 6.07) is 7.56. The van der Waals surface area contributed by atoms with Crippen LogP contribution in [0.3, 0.4) is 0 Å². The number of rotatable bonds is 6. The first-order chi connectivity index (χ1) is 13.1. The second-order valence-corrected chi connectivity index (χ2v) is 8.56. The predicted octanol–water partition coefficient (Wildman–Crippen LogP) is 3.33. The van der Waals surface area contributed by atoms with Gasteiger partial charge in [-0.1, -0.05) is 36.6 Å². The zero-order chi connectivity index (χ0) is 19.2. The van der Waals surface area contributed by atoms with Crippen LogP contribution < -0.4 is 5.32 Å². The number of carbonyl (C=O) groups excluding carboxylic acids is 2. The summed E-state index contributed by atoms with van der Waals surface area (Å²) in [5, 5.41) is 3.84. The van der Waals surface area contributed by atoms with Gasteiger partial charge in [0.05, 0.1) is 11.5 Å². The average molecular weight is 409 g/mol. The molecule has 27 heavy (non-hydrogen) atoms. The molecule has 1 aliphatic heterocycles. The molecule has 7 heteroatoms. The minimum absolute atomic E-state index is 0.0556. The Bertz CT molecular complexity index is 708. The number of thioether (sulfide) groups is 1. The maximum Gasteiger partial charge on any atom is 0.261 e. The fourth-order valence-electron chi connectivity index (χ4n) is 3.58. The highest BCUT2D eigenvalue weighted by Gasteiger charge is 2.41. The van der Waals surface area contributed by atoms with E-state index in [4.69, 9.17) is 16.3 Å². The number of methoxy groups -OCH3 is 1. The third-order valence-corrected chi connectivity index (χ3v) is 6.58. The summed E-state index contributed by atoms with van der Waals surface area (Å²) in [6.07, 6.45) is 6.22. The van der Waals surface area contributed by atoms with E-state index >= 15 is 0 Å². The Labute approximate surface area is 169 Å². The zero-order valence-electron chi connectivity index (χ0n) is 15.4. The fraction of sp³-hybridized carbons (Fsp3) is 0.500. The summed E-state index contributed by atoms with van der Waals surface area (Å²) in [5.41, 5.74) is 0.939. The molecule has 1 saturated carbocycles. The van der Waals surface area contributed by atoms with Crippen LogP contribution in [0, 0.1) is 0 Å². The minimum atomic E-state index is -0.137. The van der Waals surface area contributed by atoms with Crippen molar-refractivity contribution in [3.05, 3.63) is 39.8 Å². The number of halogens is 1. The van der Waals surface area contributed by atoms with Gasteiger partial charge in [0.2, 0.25) is 5.91 Å². The molecular weight excluding hydrogens is 384 g/mol. The van der Waals surface area contributed by atoms with Gasteiger partial charge in [0.1, 0.15) is 6.54 Å². The first-order valence-corrected chi connectivity index (χ1v) is 10.5. The molecule has 1 saturated heterocycles. The molecule has 2 atom stereocenters. The van der Waals surface area contributed by atoms with Gasteiger partial charge in [-0.15, -0.1) is 11.8 Å². The second-order valence-electron chi connectivity index (χ2n) is 6.84. The van der Waals surface area contributed by atoms with E-state index in [1.807, 2.05) is 30.3 Å². The molecule has 2 aliphatic rings. The molecule has 1 aromatic carbocycles. The highest BCUT2D eigenvalue weighted by Crippen LogP contribution is 2.42. The van der Waals surface area contributed by atoms with Crippen molar-refractivity contribution in [3.63, 3.8) is 0 Å². The standard InChI is InChI=1S/C20H25ClN2O3S/c1-26-11-10-22-19(24)13-23-16-4-2-3-5-17(16)27-18(20(23)25)12-14-6-8-15(21)9-7-14/h6-9,12,16-17H,2-5,10-11,13H2,1H3,(H,22,24)/b18-12+. The third kappa shape index (κ3) is 5.27. The van der Waals surface area contributed by atoms with Crippen LogP contribution in [0.5, 0.6) is 0 Å². The summed E-state index contributed by atoms with van der Waals surface area (Å²) in [5.74, 6) is -0.192. The Kier molecular flexibility index (Phi) is 7.21. The topological polar surface area (TPSA) is 58.6 Å². The monoisotopic (exact) mass is 408 g/mol. The second kappa shape index (κ2) is 9.62. The van der Waals surface area contributed by atoms with E-state index in [9.17, 15) is 9.59 Å². The summed E-state index contributed by atoms with van der Waals surface area (Å²) in [6.45, 7) is 1.01. The van der Waals surface area contributed by atoms with Gasteiger partial charge < -0.3 is 15.0 Å². The van der Waals surface area contributed by atoms with E-state index in [0.717, 1.165) is 24.8 Å². The highest BCUT2D eigenvalue weighted by atomic mass is 35.5. The van der Waals surface area contributed by atoms with Crippen LogP contribution in [0.1, 0.15) is 31.2 Å². The number of ether oxygens (including phenoxy) is 1. The van der Waals surface area contributed by atoms with Gasteiger partial charge in [0.15, 0.2) is 0 Å². The minimum Gasteiger partial charge on any atom is -0.383 e. The van der Waals surface area contributed by atoms with Gasteiger partial charge in [0.25, 0.3) is 5.91 Å². The summed E-state index contributed by atoms with van der Waals surface area (Å²) in [7, 11) is 1.60. The molecule has 0 aromatic heterocycles. The summed E-state index contributed by atoms with van der Waals surface area (Å²) in [4.78, 5) is 27.9. The molecule has 1 N–H and O–H groups in total. The lowest BCUT2D eigenvalue weighted by molar-refractivity contribution is -0.135.